The van der Waals surface area contributed by atoms with E-state index < -0.39 is 6.10 Å². The van der Waals surface area contributed by atoms with Gasteiger partial charge in [-0.3, -0.25) is 0 Å². The lowest BCUT2D eigenvalue weighted by Gasteiger charge is -2.14. The molecule has 1 atom stereocenters. The molecular weight excluding hydrogens is 220 g/mol. The highest BCUT2D eigenvalue weighted by Gasteiger charge is 2.14. The lowest BCUT2D eigenvalue weighted by molar-refractivity contribution is 0.0891. The fourth-order valence-corrected chi connectivity index (χ4v) is 1.77. The van der Waals surface area contributed by atoms with Crippen molar-refractivity contribution < 1.29 is 19.3 Å². The molecule has 1 aromatic carbocycles. The second kappa shape index (κ2) is 5.27. The van der Waals surface area contributed by atoms with Crippen molar-refractivity contribution in [1.29, 1.82) is 0 Å². The molecule has 0 aliphatic carbocycles. The van der Waals surface area contributed by atoms with Crippen molar-refractivity contribution >= 4 is 0 Å². The van der Waals surface area contributed by atoms with Crippen LogP contribution in [0, 0.1) is 5.92 Å². The molecule has 0 aromatic heterocycles. The summed E-state index contributed by atoms with van der Waals surface area (Å²) in [6.45, 7) is 4.71. The van der Waals surface area contributed by atoms with Crippen molar-refractivity contribution in [2.45, 2.75) is 26.4 Å². The van der Waals surface area contributed by atoms with Crippen LogP contribution in [0.3, 0.4) is 0 Å². The average molecular weight is 238 g/mol. The Kier molecular flexibility index (Phi) is 3.74. The Balaban J connectivity index is 1.87. The molecule has 1 aliphatic heterocycles. The van der Waals surface area contributed by atoms with Crippen molar-refractivity contribution in [3.63, 3.8) is 0 Å². The number of aliphatic hydroxyl groups is 1. The molecule has 0 amide bonds. The molecule has 0 bridgehead atoms. The molecule has 0 saturated carbocycles. The quantitative estimate of drug-likeness (QED) is 0.854. The highest BCUT2D eigenvalue weighted by atomic mass is 16.7. The molecule has 1 heterocycles. The first-order valence-electron chi connectivity index (χ1n) is 5.85. The predicted octanol–water partition coefficient (Wildman–Crippen LogP) is 2.20. The van der Waals surface area contributed by atoms with Crippen LogP contribution in [-0.2, 0) is 0 Å². The third kappa shape index (κ3) is 3.27. The van der Waals surface area contributed by atoms with Gasteiger partial charge in [0.15, 0.2) is 11.5 Å². The second-order valence-electron chi connectivity index (χ2n) is 4.61. The molecule has 4 nitrogen and oxygen atoms in total. The van der Waals surface area contributed by atoms with Gasteiger partial charge in [-0.2, -0.15) is 0 Å². The zero-order chi connectivity index (χ0) is 12.3. The number of rotatable bonds is 5. The van der Waals surface area contributed by atoms with Gasteiger partial charge in [0.2, 0.25) is 6.79 Å². The van der Waals surface area contributed by atoms with Gasteiger partial charge in [-0.15, -0.1) is 0 Å². The summed E-state index contributed by atoms with van der Waals surface area (Å²) in [5.41, 5.74) is 0. The molecule has 0 spiro atoms. The summed E-state index contributed by atoms with van der Waals surface area (Å²) < 4.78 is 16.0. The summed E-state index contributed by atoms with van der Waals surface area (Å²) in [6.07, 6.45) is 0.310. The van der Waals surface area contributed by atoms with Crippen molar-refractivity contribution in [2.24, 2.45) is 5.92 Å². The number of ether oxygens (including phenoxy) is 3. The minimum atomic E-state index is -0.430. The maximum Gasteiger partial charge on any atom is 0.231 e. The Labute approximate surface area is 101 Å². The van der Waals surface area contributed by atoms with Crippen LogP contribution in [0.5, 0.6) is 17.2 Å². The highest BCUT2D eigenvalue weighted by Crippen LogP contribution is 2.35. The monoisotopic (exact) mass is 238 g/mol. The van der Waals surface area contributed by atoms with E-state index in [1.807, 2.05) is 12.1 Å². The molecule has 0 unspecified atom stereocenters. The van der Waals surface area contributed by atoms with Crippen LogP contribution in [0.15, 0.2) is 18.2 Å². The molecule has 0 radical (unpaired) electrons. The summed E-state index contributed by atoms with van der Waals surface area (Å²) in [6, 6.07) is 5.41. The molecule has 2 rings (SSSR count). The van der Waals surface area contributed by atoms with Gasteiger partial charge in [0.1, 0.15) is 12.4 Å². The van der Waals surface area contributed by atoms with Gasteiger partial charge in [-0.1, -0.05) is 13.8 Å². The number of hydrogen-bond acceptors (Lipinski definition) is 4. The first-order chi connectivity index (χ1) is 8.15. The Morgan fingerprint density at radius 2 is 2.06 bits per heavy atom. The minimum absolute atomic E-state index is 0.259. The van der Waals surface area contributed by atoms with Crippen molar-refractivity contribution in [3.8, 4) is 17.2 Å². The molecule has 17 heavy (non-hydrogen) atoms. The molecule has 1 aliphatic rings. The van der Waals surface area contributed by atoms with E-state index in [1.54, 1.807) is 6.07 Å². The fourth-order valence-electron chi connectivity index (χ4n) is 1.77. The minimum Gasteiger partial charge on any atom is -0.491 e. The van der Waals surface area contributed by atoms with Gasteiger partial charge in [0.25, 0.3) is 0 Å². The van der Waals surface area contributed by atoms with Crippen LogP contribution in [0.2, 0.25) is 0 Å². The number of aliphatic hydroxyl groups excluding tert-OH is 1. The molecule has 94 valence electrons. The first-order valence-corrected chi connectivity index (χ1v) is 5.85. The SMILES string of the molecule is CC(C)C[C@@H](O)COc1ccc2c(c1)OCO2. The Morgan fingerprint density at radius 3 is 2.82 bits per heavy atom. The third-order valence-corrected chi connectivity index (χ3v) is 2.53. The summed E-state index contributed by atoms with van der Waals surface area (Å²) in [4.78, 5) is 0. The van der Waals surface area contributed by atoms with Gasteiger partial charge in [0.05, 0.1) is 6.10 Å². The normalized spacial score (nSPS) is 15.1. The standard InChI is InChI=1S/C13H18O4/c1-9(2)5-10(14)7-15-11-3-4-12-13(6-11)17-8-16-12/h3-4,6,9-10,14H,5,7-8H2,1-2H3/t10-/m1/s1. The fraction of sp³-hybridized carbons (Fsp3) is 0.538. The molecule has 0 saturated heterocycles. The zero-order valence-electron chi connectivity index (χ0n) is 10.2. The van der Waals surface area contributed by atoms with Crippen LogP contribution in [-0.4, -0.2) is 24.6 Å². The summed E-state index contributed by atoms with van der Waals surface area (Å²) >= 11 is 0. The van der Waals surface area contributed by atoms with Gasteiger partial charge in [0, 0.05) is 6.07 Å². The summed E-state index contributed by atoms with van der Waals surface area (Å²) in [7, 11) is 0. The smallest absolute Gasteiger partial charge is 0.231 e. The van der Waals surface area contributed by atoms with Crippen molar-refractivity contribution in [3.05, 3.63) is 18.2 Å². The Hall–Kier alpha value is -1.42. The Bertz CT molecular complexity index is 376. The summed E-state index contributed by atoms with van der Waals surface area (Å²) in [5, 5.41) is 9.69. The average Bonchev–Trinajstić information content (AvgIpc) is 2.72. The van der Waals surface area contributed by atoms with Crippen LogP contribution in [0.4, 0.5) is 0 Å². The molecule has 4 heteroatoms. The Morgan fingerprint density at radius 1 is 1.29 bits per heavy atom. The largest absolute Gasteiger partial charge is 0.491 e. The van der Waals surface area contributed by atoms with Gasteiger partial charge < -0.3 is 19.3 Å². The number of fused-ring (bicyclic) bond motifs is 1. The first kappa shape index (κ1) is 12.0. The molecule has 1 N–H and O–H groups in total. The van der Waals surface area contributed by atoms with E-state index in [9.17, 15) is 5.11 Å². The molecule has 1 aromatic rings. The van der Waals surface area contributed by atoms with Crippen molar-refractivity contribution in [2.75, 3.05) is 13.4 Å². The van der Waals surface area contributed by atoms with Gasteiger partial charge in [-0.05, 0) is 24.5 Å². The highest BCUT2D eigenvalue weighted by molar-refractivity contribution is 5.46. The maximum absolute atomic E-state index is 9.69. The summed E-state index contributed by atoms with van der Waals surface area (Å²) in [5.74, 6) is 2.59. The molecule has 0 fully saturated rings. The van der Waals surface area contributed by atoms with Crippen LogP contribution in [0.25, 0.3) is 0 Å². The number of benzene rings is 1. The lowest BCUT2D eigenvalue weighted by Crippen LogP contribution is -2.19. The van der Waals surface area contributed by atoms with E-state index in [0.717, 1.165) is 12.2 Å². The zero-order valence-corrected chi connectivity index (χ0v) is 10.2. The molecular formula is C13H18O4. The second-order valence-corrected chi connectivity index (χ2v) is 4.61. The predicted molar refractivity (Wildman–Crippen MR) is 63.5 cm³/mol. The van der Waals surface area contributed by atoms with E-state index in [2.05, 4.69) is 13.8 Å². The third-order valence-electron chi connectivity index (χ3n) is 2.53. The van der Waals surface area contributed by atoms with Crippen LogP contribution >= 0.6 is 0 Å². The van der Waals surface area contributed by atoms with Crippen LogP contribution < -0.4 is 14.2 Å². The van der Waals surface area contributed by atoms with Gasteiger partial charge >= 0.3 is 0 Å². The van der Waals surface area contributed by atoms with Crippen molar-refractivity contribution in [1.82, 2.24) is 0 Å². The van der Waals surface area contributed by atoms with E-state index >= 15 is 0 Å². The van der Waals surface area contributed by atoms with Gasteiger partial charge in [-0.25, -0.2) is 0 Å². The maximum atomic E-state index is 9.69. The van der Waals surface area contributed by atoms with Crippen LogP contribution in [0.1, 0.15) is 20.3 Å². The van der Waals surface area contributed by atoms with E-state index in [-0.39, 0.29) is 6.79 Å². The lowest BCUT2D eigenvalue weighted by atomic mass is 10.1. The van der Waals surface area contributed by atoms with E-state index in [4.69, 9.17) is 14.2 Å². The van der Waals surface area contributed by atoms with E-state index in [1.165, 1.54) is 0 Å². The van der Waals surface area contributed by atoms with E-state index in [0.29, 0.717) is 24.0 Å². The topological polar surface area (TPSA) is 47.9 Å². The number of hydrogen-bond donors (Lipinski definition) is 1.